The zero-order chi connectivity index (χ0) is 17.8. The minimum atomic E-state index is 0.148. The maximum Gasteiger partial charge on any atom is 0.227 e. The second-order valence-electron chi connectivity index (χ2n) is 6.90. The van der Waals surface area contributed by atoms with Gasteiger partial charge in [0.2, 0.25) is 5.91 Å². The Bertz CT molecular complexity index is 729. The molecule has 1 aromatic heterocycles. The summed E-state index contributed by atoms with van der Waals surface area (Å²) in [6.45, 7) is 6.36. The first kappa shape index (κ1) is 18.0. The molecule has 0 aliphatic carbocycles. The molecule has 5 heteroatoms. The van der Waals surface area contributed by atoms with E-state index < -0.39 is 0 Å². The minimum absolute atomic E-state index is 0.148. The van der Waals surface area contributed by atoms with Gasteiger partial charge in [-0.05, 0) is 56.4 Å². The lowest BCUT2D eigenvalue weighted by Crippen LogP contribution is -2.41. The van der Waals surface area contributed by atoms with Crippen LogP contribution in [0.3, 0.4) is 0 Å². The molecule has 2 heterocycles. The Morgan fingerprint density at radius 1 is 1.28 bits per heavy atom. The quantitative estimate of drug-likeness (QED) is 0.818. The second kappa shape index (κ2) is 8.02. The number of aliphatic hydroxyl groups excluding tert-OH is 1. The molecule has 1 fully saturated rings. The number of amides is 1. The van der Waals surface area contributed by atoms with Gasteiger partial charge in [-0.1, -0.05) is 0 Å². The molecule has 3 rings (SSSR count). The smallest absolute Gasteiger partial charge is 0.227 e. The summed E-state index contributed by atoms with van der Waals surface area (Å²) >= 11 is 0. The minimum Gasteiger partial charge on any atom is -0.464 e. The summed E-state index contributed by atoms with van der Waals surface area (Å²) in [5.41, 5.74) is 4.22. The van der Waals surface area contributed by atoms with Crippen molar-refractivity contribution in [2.24, 2.45) is 0 Å². The Labute approximate surface area is 148 Å². The van der Waals surface area contributed by atoms with Crippen LogP contribution in [0.5, 0.6) is 0 Å². The fraction of sp³-hybridized carbons (Fsp3) is 0.550. The standard InChI is InChI=1S/C20H27NO4/c1-14-10-18-16(13-25-19(18)11-15(14)2)12-20(23)21-6-4-17(5-7-21)24-9-3-8-22/h10-11,13,17,22H,3-9,12H2,1-2H3. The third kappa shape index (κ3) is 4.22. The molecule has 0 saturated carbocycles. The van der Waals surface area contributed by atoms with Crippen LogP contribution >= 0.6 is 0 Å². The number of furan rings is 1. The molecule has 0 atom stereocenters. The van der Waals surface area contributed by atoms with Gasteiger partial charge in [0.05, 0.1) is 18.8 Å². The SMILES string of the molecule is Cc1cc2occ(CC(=O)N3CCC(OCCCO)CC3)c2cc1C. The van der Waals surface area contributed by atoms with Crippen molar-refractivity contribution in [1.29, 1.82) is 0 Å². The molecule has 1 aromatic carbocycles. The summed E-state index contributed by atoms with van der Waals surface area (Å²) in [4.78, 5) is 14.6. The van der Waals surface area contributed by atoms with Gasteiger partial charge >= 0.3 is 0 Å². The molecule has 1 N–H and O–H groups in total. The van der Waals surface area contributed by atoms with Crippen LogP contribution in [0.1, 0.15) is 36.0 Å². The lowest BCUT2D eigenvalue weighted by molar-refractivity contribution is -0.133. The van der Waals surface area contributed by atoms with Crippen molar-refractivity contribution in [2.45, 2.75) is 45.6 Å². The number of carbonyl (C=O) groups is 1. The highest BCUT2D eigenvalue weighted by Gasteiger charge is 2.24. The van der Waals surface area contributed by atoms with E-state index in [0.29, 0.717) is 19.4 Å². The number of aryl methyl sites for hydroxylation is 2. The highest BCUT2D eigenvalue weighted by atomic mass is 16.5. The largest absolute Gasteiger partial charge is 0.464 e. The van der Waals surface area contributed by atoms with Crippen molar-refractivity contribution in [1.82, 2.24) is 4.90 Å². The van der Waals surface area contributed by atoms with E-state index >= 15 is 0 Å². The Balaban J connectivity index is 1.57. The molecule has 0 bridgehead atoms. The molecule has 0 spiro atoms. The number of hydrogen-bond donors (Lipinski definition) is 1. The number of likely N-dealkylation sites (tertiary alicyclic amines) is 1. The predicted octanol–water partition coefficient (Wildman–Crippen LogP) is 2.98. The first-order chi connectivity index (χ1) is 12.1. The average molecular weight is 345 g/mol. The summed E-state index contributed by atoms with van der Waals surface area (Å²) in [7, 11) is 0. The van der Waals surface area contributed by atoms with Gasteiger partial charge in [-0.2, -0.15) is 0 Å². The fourth-order valence-corrected chi connectivity index (χ4v) is 3.33. The topological polar surface area (TPSA) is 62.9 Å². The number of hydrogen-bond acceptors (Lipinski definition) is 4. The molecule has 25 heavy (non-hydrogen) atoms. The van der Waals surface area contributed by atoms with Crippen LogP contribution in [-0.2, 0) is 16.0 Å². The molecule has 1 aliphatic heterocycles. The zero-order valence-electron chi connectivity index (χ0n) is 15.1. The molecule has 5 nitrogen and oxygen atoms in total. The number of aliphatic hydroxyl groups is 1. The van der Waals surface area contributed by atoms with Gasteiger partial charge < -0.3 is 19.2 Å². The molecule has 1 amide bonds. The van der Waals surface area contributed by atoms with E-state index in [4.69, 9.17) is 14.3 Å². The maximum atomic E-state index is 12.6. The molecule has 136 valence electrons. The molecule has 2 aromatic rings. The summed E-state index contributed by atoms with van der Waals surface area (Å²) in [5.74, 6) is 0.148. The Hall–Kier alpha value is -1.85. The van der Waals surface area contributed by atoms with Crippen molar-refractivity contribution in [3.8, 4) is 0 Å². The van der Waals surface area contributed by atoms with Gasteiger partial charge in [-0.15, -0.1) is 0 Å². The normalized spacial score (nSPS) is 15.9. The zero-order valence-corrected chi connectivity index (χ0v) is 15.1. The van der Waals surface area contributed by atoms with Crippen LogP contribution in [0.15, 0.2) is 22.8 Å². The van der Waals surface area contributed by atoms with E-state index in [1.54, 1.807) is 6.26 Å². The van der Waals surface area contributed by atoms with Crippen LogP contribution < -0.4 is 0 Å². The van der Waals surface area contributed by atoms with Crippen LogP contribution in [0, 0.1) is 13.8 Å². The number of ether oxygens (including phenoxy) is 1. The lowest BCUT2D eigenvalue weighted by Gasteiger charge is -2.32. The summed E-state index contributed by atoms with van der Waals surface area (Å²) in [6, 6.07) is 4.14. The van der Waals surface area contributed by atoms with Crippen molar-refractivity contribution < 1.29 is 19.1 Å². The number of benzene rings is 1. The summed E-state index contributed by atoms with van der Waals surface area (Å²) < 4.78 is 11.4. The van der Waals surface area contributed by atoms with Crippen molar-refractivity contribution in [3.63, 3.8) is 0 Å². The number of nitrogens with zero attached hydrogens (tertiary/aromatic N) is 1. The molecular weight excluding hydrogens is 318 g/mol. The first-order valence-electron chi connectivity index (χ1n) is 9.06. The molecule has 1 saturated heterocycles. The molecule has 1 aliphatic rings. The Morgan fingerprint density at radius 3 is 2.72 bits per heavy atom. The Kier molecular flexibility index (Phi) is 5.76. The highest BCUT2D eigenvalue weighted by Crippen LogP contribution is 2.26. The van der Waals surface area contributed by atoms with E-state index in [1.165, 1.54) is 11.1 Å². The van der Waals surface area contributed by atoms with E-state index in [-0.39, 0.29) is 18.6 Å². The third-order valence-corrected chi connectivity index (χ3v) is 5.06. The van der Waals surface area contributed by atoms with Gasteiger partial charge in [-0.25, -0.2) is 0 Å². The molecule has 0 radical (unpaired) electrons. The van der Waals surface area contributed by atoms with E-state index in [9.17, 15) is 4.79 Å². The number of fused-ring (bicyclic) bond motifs is 1. The van der Waals surface area contributed by atoms with Crippen molar-refractivity contribution in [3.05, 3.63) is 35.1 Å². The maximum absolute atomic E-state index is 12.6. The van der Waals surface area contributed by atoms with E-state index in [2.05, 4.69) is 19.9 Å². The average Bonchev–Trinajstić information content (AvgIpc) is 2.98. The third-order valence-electron chi connectivity index (χ3n) is 5.06. The van der Waals surface area contributed by atoms with Gasteiger partial charge in [-0.3, -0.25) is 4.79 Å². The van der Waals surface area contributed by atoms with Gasteiger partial charge in [0.15, 0.2) is 0 Å². The van der Waals surface area contributed by atoms with E-state index in [1.807, 2.05) is 11.0 Å². The van der Waals surface area contributed by atoms with Gasteiger partial charge in [0.25, 0.3) is 0 Å². The van der Waals surface area contributed by atoms with Crippen LogP contribution in [0.25, 0.3) is 11.0 Å². The molecular formula is C20H27NO4. The van der Waals surface area contributed by atoms with Crippen LogP contribution in [0.4, 0.5) is 0 Å². The number of piperidine rings is 1. The van der Waals surface area contributed by atoms with Crippen LogP contribution in [-0.4, -0.2) is 48.3 Å². The van der Waals surface area contributed by atoms with Gasteiger partial charge in [0, 0.05) is 37.3 Å². The summed E-state index contributed by atoms with van der Waals surface area (Å²) in [5, 5.41) is 9.84. The van der Waals surface area contributed by atoms with E-state index in [0.717, 1.165) is 42.5 Å². The molecule has 0 unspecified atom stereocenters. The second-order valence-corrected chi connectivity index (χ2v) is 6.90. The van der Waals surface area contributed by atoms with Crippen LogP contribution in [0.2, 0.25) is 0 Å². The number of rotatable bonds is 6. The fourth-order valence-electron chi connectivity index (χ4n) is 3.33. The lowest BCUT2D eigenvalue weighted by atomic mass is 10.0. The monoisotopic (exact) mass is 345 g/mol. The highest BCUT2D eigenvalue weighted by molar-refractivity contribution is 5.88. The van der Waals surface area contributed by atoms with Crippen molar-refractivity contribution in [2.75, 3.05) is 26.3 Å². The Morgan fingerprint density at radius 2 is 2.00 bits per heavy atom. The van der Waals surface area contributed by atoms with Gasteiger partial charge in [0.1, 0.15) is 5.58 Å². The van der Waals surface area contributed by atoms with Crippen molar-refractivity contribution >= 4 is 16.9 Å². The number of carbonyl (C=O) groups excluding carboxylic acids is 1. The summed E-state index contributed by atoms with van der Waals surface area (Å²) in [6.07, 6.45) is 4.70. The predicted molar refractivity (Wildman–Crippen MR) is 96.6 cm³/mol. The first-order valence-corrected chi connectivity index (χ1v) is 9.06.